The Bertz CT molecular complexity index is 440. The lowest BCUT2D eigenvalue weighted by atomic mass is 10.6. The topological polar surface area (TPSA) is 71.1 Å². The number of amides is 2. The van der Waals surface area contributed by atoms with E-state index >= 15 is 0 Å². The SMILES string of the molecule is N#CCCSC(=S)N1CCN(C(=S)SCCC#N)C1=O. The predicted octanol–water partition coefficient (Wildman–Crippen LogP) is 2.59. The summed E-state index contributed by atoms with van der Waals surface area (Å²) >= 11 is 13.0. The lowest BCUT2D eigenvalue weighted by molar-refractivity contribution is 0.222. The van der Waals surface area contributed by atoms with Crippen LogP contribution in [0.5, 0.6) is 0 Å². The van der Waals surface area contributed by atoms with Crippen LogP contribution in [0.2, 0.25) is 0 Å². The molecule has 0 aromatic rings. The molecule has 20 heavy (non-hydrogen) atoms. The van der Waals surface area contributed by atoms with Gasteiger partial charge in [-0.1, -0.05) is 48.0 Å². The standard InChI is InChI=1S/C11H12N4OS4/c12-3-1-7-19-10(17)14-5-6-15(9(14)16)11(18)20-8-2-4-13/h1-2,5-8H2. The summed E-state index contributed by atoms with van der Waals surface area (Å²) in [4.78, 5) is 15.2. The minimum absolute atomic E-state index is 0.214. The van der Waals surface area contributed by atoms with Gasteiger partial charge in [-0.2, -0.15) is 10.5 Å². The van der Waals surface area contributed by atoms with Gasteiger partial charge in [-0.05, 0) is 0 Å². The van der Waals surface area contributed by atoms with Crippen LogP contribution in [0.15, 0.2) is 0 Å². The lowest BCUT2D eigenvalue weighted by Gasteiger charge is -2.18. The fraction of sp³-hybridized carbons (Fsp3) is 0.545. The molecule has 106 valence electrons. The average Bonchev–Trinajstić information content (AvgIpc) is 2.81. The highest BCUT2D eigenvalue weighted by atomic mass is 32.2. The molecule has 0 saturated carbocycles. The third-order valence-electron chi connectivity index (χ3n) is 2.33. The van der Waals surface area contributed by atoms with Crippen LogP contribution in [0.25, 0.3) is 0 Å². The zero-order chi connectivity index (χ0) is 15.0. The molecule has 1 fully saturated rings. The highest BCUT2D eigenvalue weighted by Crippen LogP contribution is 2.21. The monoisotopic (exact) mass is 344 g/mol. The normalized spacial score (nSPS) is 14.0. The van der Waals surface area contributed by atoms with E-state index in [1.165, 1.54) is 33.3 Å². The number of thioether (sulfide) groups is 2. The molecule has 0 aliphatic carbocycles. The summed E-state index contributed by atoms with van der Waals surface area (Å²) in [6.07, 6.45) is 0.804. The van der Waals surface area contributed by atoms with Crippen LogP contribution in [0.3, 0.4) is 0 Å². The van der Waals surface area contributed by atoms with Crippen molar-refractivity contribution in [2.24, 2.45) is 0 Å². The minimum Gasteiger partial charge on any atom is -0.277 e. The molecule has 9 heteroatoms. The van der Waals surface area contributed by atoms with Crippen LogP contribution in [0.1, 0.15) is 12.8 Å². The van der Waals surface area contributed by atoms with E-state index in [0.29, 0.717) is 46.1 Å². The molecule has 0 aromatic carbocycles. The molecule has 2 amide bonds. The number of carbonyl (C=O) groups is 1. The Hall–Kier alpha value is -0.870. The van der Waals surface area contributed by atoms with Gasteiger partial charge in [0.15, 0.2) is 0 Å². The van der Waals surface area contributed by atoms with Crippen molar-refractivity contribution in [2.45, 2.75) is 12.8 Å². The molecule has 0 atom stereocenters. The fourth-order valence-corrected chi connectivity index (χ4v) is 3.62. The molecule has 0 unspecified atom stereocenters. The molecule has 1 aliphatic rings. The summed E-state index contributed by atoms with van der Waals surface area (Å²) in [5, 5.41) is 17.0. The van der Waals surface area contributed by atoms with Crippen molar-refractivity contribution in [1.29, 1.82) is 10.5 Å². The van der Waals surface area contributed by atoms with Gasteiger partial charge in [0.05, 0.1) is 12.1 Å². The summed E-state index contributed by atoms with van der Waals surface area (Å²) in [6, 6.07) is 3.86. The van der Waals surface area contributed by atoms with E-state index in [9.17, 15) is 4.79 Å². The largest absolute Gasteiger partial charge is 0.331 e. The number of nitrogens with zero attached hydrogens (tertiary/aromatic N) is 4. The molecule has 1 rings (SSSR count). The summed E-state index contributed by atoms with van der Waals surface area (Å²) in [5.41, 5.74) is 0. The van der Waals surface area contributed by atoms with E-state index in [-0.39, 0.29) is 6.03 Å². The number of thiocarbonyl (C=S) groups is 2. The Morgan fingerprint density at radius 2 is 1.45 bits per heavy atom. The van der Waals surface area contributed by atoms with E-state index in [1.807, 2.05) is 12.1 Å². The van der Waals surface area contributed by atoms with Gasteiger partial charge in [0.1, 0.15) is 8.64 Å². The smallest absolute Gasteiger partial charge is 0.277 e. The Morgan fingerprint density at radius 3 is 1.80 bits per heavy atom. The Kier molecular flexibility index (Phi) is 7.85. The van der Waals surface area contributed by atoms with Crippen LogP contribution in [-0.2, 0) is 0 Å². The molecule has 0 bridgehead atoms. The molecule has 1 heterocycles. The number of rotatable bonds is 4. The van der Waals surface area contributed by atoms with Gasteiger partial charge in [-0.25, -0.2) is 4.79 Å². The maximum absolute atomic E-state index is 12.2. The number of nitriles is 2. The van der Waals surface area contributed by atoms with Crippen molar-refractivity contribution in [2.75, 3.05) is 24.6 Å². The van der Waals surface area contributed by atoms with Gasteiger partial charge in [-0.15, -0.1) is 0 Å². The van der Waals surface area contributed by atoms with Crippen LogP contribution < -0.4 is 0 Å². The summed E-state index contributed by atoms with van der Waals surface area (Å²) in [7, 11) is 0. The molecule has 0 N–H and O–H groups in total. The molecule has 5 nitrogen and oxygen atoms in total. The van der Waals surface area contributed by atoms with E-state index < -0.39 is 0 Å². The second-order valence-electron chi connectivity index (χ2n) is 3.63. The van der Waals surface area contributed by atoms with Gasteiger partial charge in [0, 0.05) is 37.4 Å². The number of hydrogen-bond donors (Lipinski definition) is 0. The average molecular weight is 345 g/mol. The van der Waals surface area contributed by atoms with Crippen LogP contribution in [0, 0.1) is 22.7 Å². The Morgan fingerprint density at radius 1 is 1.05 bits per heavy atom. The van der Waals surface area contributed by atoms with Gasteiger partial charge >= 0.3 is 6.03 Å². The van der Waals surface area contributed by atoms with Crippen molar-refractivity contribution < 1.29 is 4.79 Å². The highest BCUT2D eigenvalue weighted by Gasteiger charge is 2.33. The molecule has 1 aliphatic heterocycles. The van der Waals surface area contributed by atoms with Crippen molar-refractivity contribution in [3.8, 4) is 12.1 Å². The zero-order valence-corrected chi connectivity index (χ0v) is 13.8. The molecular weight excluding hydrogens is 332 g/mol. The van der Waals surface area contributed by atoms with Gasteiger partial charge in [0.2, 0.25) is 0 Å². The third kappa shape index (κ3) is 4.91. The summed E-state index contributed by atoms with van der Waals surface area (Å²) in [6.45, 7) is 1.02. The van der Waals surface area contributed by atoms with Crippen LogP contribution in [-0.4, -0.2) is 49.1 Å². The fourth-order valence-electron chi connectivity index (χ4n) is 1.40. The predicted molar refractivity (Wildman–Crippen MR) is 89.4 cm³/mol. The lowest BCUT2D eigenvalue weighted by Crippen LogP contribution is -2.36. The maximum atomic E-state index is 12.2. The van der Waals surface area contributed by atoms with Crippen LogP contribution >= 0.6 is 48.0 Å². The number of hydrogen-bond acceptors (Lipinski definition) is 7. The molecule has 0 spiro atoms. The number of carbonyl (C=O) groups excluding carboxylic acids is 1. The van der Waals surface area contributed by atoms with Crippen molar-refractivity contribution >= 4 is 62.6 Å². The summed E-state index contributed by atoms with van der Waals surface area (Å²) in [5.74, 6) is 1.17. The summed E-state index contributed by atoms with van der Waals surface area (Å²) < 4.78 is 0.968. The first-order valence-corrected chi connectivity index (χ1v) is 8.57. The van der Waals surface area contributed by atoms with Crippen molar-refractivity contribution in [1.82, 2.24) is 9.80 Å². The third-order valence-corrected chi connectivity index (χ3v) is 5.23. The number of urea groups is 1. The van der Waals surface area contributed by atoms with E-state index in [1.54, 1.807) is 0 Å². The molecule has 0 radical (unpaired) electrons. The van der Waals surface area contributed by atoms with Crippen molar-refractivity contribution in [3.63, 3.8) is 0 Å². The second-order valence-corrected chi connectivity index (χ2v) is 7.09. The minimum atomic E-state index is -0.214. The highest BCUT2D eigenvalue weighted by molar-refractivity contribution is 8.23. The maximum Gasteiger partial charge on any atom is 0.331 e. The van der Waals surface area contributed by atoms with Gasteiger partial charge in [-0.3, -0.25) is 9.80 Å². The van der Waals surface area contributed by atoms with E-state index in [4.69, 9.17) is 35.0 Å². The first-order chi connectivity index (χ1) is 9.61. The van der Waals surface area contributed by atoms with Gasteiger partial charge < -0.3 is 0 Å². The van der Waals surface area contributed by atoms with Crippen molar-refractivity contribution in [3.05, 3.63) is 0 Å². The zero-order valence-electron chi connectivity index (χ0n) is 10.6. The molecule has 0 aromatic heterocycles. The van der Waals surface area contributed by atoms with E-state index in [2.05, 4.69) is 0 Å². The van der Waals surface area contributed by atoms with Crippen LogP contribution in [0.4, 0.5) is 4.79 Å². The van der Waals surface area contributed by atoms with E-state index in [0.717, 1.165) is 0 Å². The second kappa shape index (κ2) is 9.14. The molecule has 1 saturated heterocycles. The quantitative estimate of drug-likeness (QED) is 0.573. The first kappa shape index (κ1) is 17.2. The molecular formula is C11H12N4OS4. The first-order valence-electron chi connectivity index (χ1n) is 5.78. The Labute approximate surface area is 137 Å². The van der Waals surface area contributed by atoms with Gasteiger partial charge in [0.25, 0.3) is 0 Å². The Balaban J connectivity index is 2.47.